The summed E-state index contributed by atoms with van der Waals surface area (Å²) in [5, 5.41) is 6.69. The molecule has 5 nitrogen and oxygen atoms in total. The van der Waals surface area contributed by atoms with E-state index in [0.29, 0.717) is 24.4 Å². The molecule has 0 saturated carbocycles. The number of amides is 1. The van der Waals surface area contributed by atoms with Crippen LogP contribution in [0.4, 0.5) is 0 Å². The van der Waals surface area contributed by atoms with Crippen LogP contribution in [0, 0.1) is 0 Å². The van der Waals surface area contributed by atoms with Gasteiger partial charge in [0.15, 0.2) is 0 Å². The fraction of sp³-hybridized carbons (Fsp3) is 0.130. The van der Waals surface area contributed by atoms with Gasteiger partial charge in [0.05, 0.1) is 22.7 Å². The van der Waals surface area contributed by atoms with E-state index in [0.717, 1.165) is 16.3 Å². The molecule has 29 heavy (non-hydrogen) atoms. The first-order valence-corrected chi connectivity index (χ1v) is 10.2. The predicted molar refractivity (Wildman–Crippen MR) is 116 cm³/mol. The fourth-order valence-electron chi connectivity index (χ4n) is 2.96. The summed E-state index contributed by atoms with van der Waals surface area (Å²) in [6, 6.07) is 23.4. The monoisotopic (exact) mass is 403 g/mol. The lowest BCUT2D eigenvalue weighted by Gasteiger charge is -2.17. The van der Waals surface area contributed by atoms with Crippen LogP contribution in [0.3, 0.4) is 0 Å². The van der Waals surface area contributed by atoms with Crippen molar-refractivity contribution in [3.8, 4) is 22.0 Å². The van der Waals surface area contributed by atoms with E-state index in [1.807, 2.05) is 78.2 Å². The molecule has 0 aliphatic heterocycles. The van der Waals surface area contributed by atoms with Gasteiger partial charge in [-0.1, -0.05) is 42.5 Å². The molecule has 4 aromatic rings. The van der Waals surface area contributed by atoms with Crippen molar-refractivity contribution in [1.82, 2.24) is 14.7 Å². The van der Waals surface area contributed by atoms with Gasteiger partial charge in [-0.2, -0.15) is 5.10 Å². The highest BCUT2D eigenvalue weighted by Gasteiger charge is 2.22. The minimum atomic E-state index is -0.0766. The Labute approximate surface area is 173 Å². The first kappa shape index (κ1) is 19.0. The standard InChI is InChI=1S/C23H21N3O2S/c1-25(14-15-28-19-11-6-3-7-12-19)23(27)20-17-26(18-9-4-2-5-10-18)24-22(20)21-13-8-16-29-21/h2-13,16-17H,14-15H2,1H3. The second-order valence-electron chi connectivity index (χ2n) is 6.54. The first-order chi connectivity index (χ1) is 14.2. The number of benzene rings is 2. The van der Waals surface area contributed by atoms with E-state index in [1.165, 1.54) is 0 Å². The summed E-state index contributed by atoms with van der Waals surface area (Å²) in [6.45, 7) is 0.904. The SMILES string of the molecule is CN(CCOc1ccccc1)C(=O)c1cn(-c2ccccc2)nc1-c1cccs1. The van der Waals surface area contributed by atoms with Crippen molar-refractivity contribution in [3.05, 3.63) is 89.9 Å². The van der Waals surface area contributed by atoms with Gasteiger partial charge < -0.3 is 9.64 Å². The average Bonchev–Trinajstić information content (AvgIpc) is 3.44. The summed E-state index contributed by atoms with van der Waals surface area (Å²) in [5.41, 5.74) is 2.20. The Hall–Kier alpha value is -3.38. The van der Waals surface area contributed by atoms with Crippen LogP contribution in [0.5, 0.6) is 5.75 Å². The van der Waals surface area contributed by atoms with Crippen molar-refractivity contribution in [3.63, 3.8) is 0 Å². The van der Waals surface area contributed by atoms with E-state index in [-0.39, 0.29) is 5.91 Å². The molecule has 2 heterocycles. The molecule has 0 aliphatic rings. The molecule has 0 saturated heterocycles. The van der Waals surface area contributed by atoms with Crippen LogP contribution < -0.4 is 4.74 Å². The molecule has 4 rings (SSSR count). The zero-order valence-electron chi connectivity index (χ0n) is 16.1. The Morgan fingerprint density at radius 3 is 2.45 bits per heavy atom. The Kier molecular flexibility index (Phi) is 5.72. The van der Waals surface area contributed by atoms with E-state index < -0.39 is 0 Å². The highest BCUT2D eigenvalue weighted by molar-refractivity contribution is 7.13. The van der Waals surface area contributed by atoms with Crippen LogP contribution in [0.15, 0.2) is 84.4 Å². The third-order valence-corrected chi connectivity index (χ3v) is 5.38. The second kappa shape index (κ2) is 8.75. The van der Waals surface area contributed by atoms with Crippen LogP contribution >= 0.6 is 11.3 Å². The molecule has 0 bridgehead atoms. The van der Waals surface area contributed by atoms with Crippen LogP contribution in [0.25, 0.3) is 16.3 Å². The molecule has 6 heteroatoms. The van der Waals surface area contributed by atoms with Crippen molar-refractivity contribution < 1.29 is 9.53 Å². The van der Waals surface area contributed by atoms with Gasteiger partial charge in [0.2, 0.25) is 0 Å². The molecular formula is C23H21N3O2S. The first-order valence-electron chi connectivity index (χ1n) is 9.34. The highest BCUT2D eigenvalue weighted by Crippen LogP contribution is 2.28. The summed E-state index contributed by atoms with van der Waals surface area (Å²) in [4.78, 5) is 15.8. The van der Waals surface area contributed by atoms with Crippen molar-refractivity contribution in [2.75, 3.05) is 20.2 Å². The van der Waals surface area contributed by atoms with Gasteiger partial charge in [0.25, 0.3) is 5.91 Å². The number of thiophene rings is 1. The largest absolute Gasteiger partial charge is 0.492 e. The van der Waals surface area contributed by atoms with Gasteiger partial charge in [-0.3, -0.25) is 4.79 Å². The van der Waals surface area contributed by atoms with E-state index >= 15 is 0 Å². The molecule has 0 atom stereocenters. The number of ether oxygens (including phenoxy) is 1. The molecule has 2 aromatic heterocycles. The maximum Gasteiger partial charge on any atom is 0.257 e. The molecule has 1 amide bonds. The third kappa shape index (κ3) is 4.38. The molecule has 0 spiro atoms. The maximum absolute atomic E-state index is 13.2. The molecule has 0 N–H and O–H groups in total. The lowest BCUT2D eigenvalue weighted by atomic mass is 10.2. The highest BCUT2D eigenvalue weighted by atomic mass is 32.1. The number of para-hydroxylation sites is 2. The summed E-state index contributed by atoms with van der Waals surface area (Å²) in [5.74, 6) is 0.719. The lowest BCUT2D eigenvalue weighted by Crippen LogP contribution is -2.31. The summed E-state index contributed by atoms with van der Waals surface area (Å²) < 4.78 is 7.49. The minimum Gasteiger partial charge on any atom is -0.492 e. The van der Waals surface area contributed by atoms with Crippen molar-refractivity contribution >= 4 is 17.2 Å². The van der Waals surface area contributed by atoms with E-state index in [4.69, 9.17) is 9.84 Å². The predicted octanol–water partition coefficient (Wildman–Crippen LogP) is 4.75. The molecule has 146 valence electrons. The van der Waals surface area contributed by atoms with E-state index in [2.05, 4.69) is 0 Å². The van der Waals surface area contributed by atoms with Gasteiger partial charge in [0.1, 0.15) is 18.1 Å². The summed E-state index contributed by atoms with van der Waals surface area (Å²) in [6.07, 6.45) is 1.81. The number of likely N-dealkylation sites (N-methyl/N-ethyl adjacent to an activating group) is 1. The minimum absolute atomic E-state index is 0.0766. The summed E-state index contributed by atoms with van der Waals surface area (Å²) in [7, 11) is 1.79. The van der Waals surface area contributed by atoms with Gasteiger partial charge in [0, 0.05) is 13.2 Å². The molecule has 0 fully saturated rings. The van der Waals surface area contributed by atoms with Crippen LogP contribution in [-0.2, 0) is 0 Å². The topological polar surface area (TPSA) is 47.4 Å². The molecule has 2 aromatic carbocycles. The zero-order chi connectivity index (χ0) is 20.1. The number of carbonyl (C=O) groups is 1. The Bertz CT molecular complexity index is 1060. The third-order valence-electron chi connectivity index (χ3n) is 4.51. The maximum atomic E-state index is 13.2. The average molecular weight is 404 g/mol. The van der Waals surface area contributed by atoms with Crippen LogP contribution in [0.2, 0.25) is 0 Å². The Balaban J connectivity index is 1.54. The second-order valence-corrected chi connectivity index (χ2v) is 7.48. The number of nitrogens with zero attached hydrogens (tertiary/aromatic N) is 3. The van der Waals surface area contributed by atoms with Gasteiger partial charge >= 0.3 is 0 Å². The normalized spacial score (nSPS) is 10.7. The van der Waals surface area contributed by atoms with E-state index in [9.17, 15) is 4.79 Å². The van der Waals surface area contributed by atoms with Crippen molar-refractivity contribution in [2.45, 2.75) is 0 Å². The van der Waals surface area contributed by atoms with Gasteiger partial charge in [-0.25, -0.2) is 4.68 Å². The Morgan fingerprint density at radius 1 is 1.03 bits per heavy atom. The molecular weight excluding hydrogens is 382 g/mol. The quantitative estimate of drug-likeness (QED) is 0.447. The number of hydrogen-bond acceptors (Lipinski definition) is 4. The number of hydrogen-bond donors (Lipinski definition) is 0. The lowest BCUT2D eigenvalue weighted by molar-refractivity contribution is 0.0774. The van der Waals surface area contributed by atoms with Crippen molar-refractivity contribution in [1.29, 1.82) is 0 Å². The van der Waals surface area contributed by atoms with Crippen molar-refractivity contribution in [2.24, 2.45) is 0 Å². The van der Waals surface area contributed by atoms with Crippen LogP contribution in [-0.4, -0.2) is 40.8 Å². The summed E-state index contributed by atoms with van der Waals surface area (Å²) >= 11 is 1.57. The number of aromatic nitrogens is 2. The zero-order valence-corrected chi connectivity index (χ0v) is 16.9. The van der Waals surface area contributed by atoms with Crippen LogP contribution in [0.1, 0.15) is 10.4 Å². The molecule has 0 radical (unpaired) electrons. The smallest absolute Gasteiger partial charge is 0.257 e. The molecule has 0 unspecified atom stereocenters. The number of carbonyl (C=O) groups excluding carboxylic acids is 1. The van der Waals surface area contributed by atoms with Gasteiger partial charge in [-0.05, 0) is 35.7 Å². The molecule has 0 aliphatic carbocycles. The fourth-order valence-corrected chi connectivity index (χ4v) is 3.69. The van der Waals surface area contributed by atoms with E-state index in [1.54, 1.807) is 34.2 Å². The Morgan fingerprint density at radius 2 is 1.76 bits per heavy atom. The van der Waals surface area contributed by atoms with Gasteiger partial charge in [-0.15, -0.1) is 11.3 Å². The number of rotatable bonds is 7.